The third-order valence-corrected chi connectivity index (χ3v) is 4.88. The van der Waals surface area contributed by atoms with Crippen molar-refractivity contribution in [2.75, 3.05) is 25.5 Å². The summed E-state index contributed by atoms with van der Waals surface area (Å²) in [5, 5.41) is 3.34. The fourth-order valence-corrected chi connectivity index (χ4v) is 3.51. The van der Waals surface area contributed by atoms with Crippen LogP contribution in [0.1, 0.15) is 12.0 Å². The van der Waals surface area contributed by atoms with E-state index in [0.717, 1.165) is 37.6 Å². The lowest BCUT2D eigenvalue weighted by Crippen LogP contribution is -2.43. The smallest absolute Gasteiger partial charge is 0.213 e. The molecule has 0 amide bonds. The first-order valence-corrected chi connectivity index (χ1v) is 8.94. The third kappa shape index (κ3) is 3.91. The number of dihydropyridines is 1. The number of nitrogens with one attached hydrogen (secondary N) is 1. The maximum atomic E-state index is 5.09. The second-order valence-electron chi connectivity index (χ2n) is 6.70. The Kier molecular flexibility index (Phi) is 4.93. The quantitative estimate of drug-likeness (QED) is 0.920. The molecule has 2 aromatic heterocycles. The fourth-order valence-electron chi connectivity index (χ4n) is 3.51. The van der Waals surface area contributed by atoms with Gasteiger partial charge in [-0.25, -0.2) is 4.98 Å². The number of aromatic nitrogens is 2. The van der Waals surface area contributed by atoms with Crippen LogP contribution in [0.25, 0.3) is 0 Å². The lowest BCUT2D eigenvalue weighted by molar-refractivity contribution is 0.171. The van der Waals surface area contributed by atoms with Crippen LogP contribution in [0.5, 0.6) is 5.88 Å². The lowest BCUT2D eigenvalue weighted by Gasteiger charge is -2.37. The molecule has 1 fully saturated rings. The molecule has 6 heteroatoms. The number of anilines is 1. The SMILES string of the molecule is COc1ccc(NC2=NC3CCN(Cc4ccncc4)CC3C=C2)cn1. The summed E-state index contributed by atoms with van der Waals surface area (Å²) in [7, 11) is 1.62. The number of ether oxygens (including phenoxy) is 1. The highest BCUT2D eigenvalue weighted by atomic mass is 16.5. The molecular weight excluding hydrogens is 326 g/mol. The van der Waals surface area contributed by atoms with E-state index in [-0.39, 0.29) is 0 Å². The van der Waals surface area contributed by atoms with Crippen LogP contribution in [0.4, 0.5) is 5.69 Å². The average molecular weight is 349 g/mol. The molecule has 4 heterocycles. The zero-order valence-corrected chi connectivity index (χ0v) is 14.9. The molecule has 6 nitrogen and oxygen atoms in total. The van der Waals surface area contributed by atoms with Crippen molar-refractivity contribution in [3.8, 4) is 5.88 Å². The van der Waals surface area contributed by atoms with Crippen LogP contribution in [0.2, 0.25) is 0 Å². The van der Waals surface area contributed by atoms with Crippen LogP contribution in [-0.2, 0) is 6.54 Å². The molecule has 4 rings (SSSR count). The lowest BCUT2D eigenvalue weighted by atomic mass is 9.90. The molecule has 1 N–H and O–H groups in total. The van der Waals surface area contributed by atoms with E-state index in [1.165, 1.54) is 5.56 Å². The van der Waals surface area contributed by atoms with Gasteiger partial charge in [0.15, 0.2) is 0 Å². The van der Waals surface area contributed by atoms with E-state index >= 15 is 0 Å². The van der Waals surface area contributed by atoms with Crippen molar-refractivity contribution in [2.45, 2.75) is 19.0 Å². The minimum absolute atomic E-state index is 0.349. The van der Waals surface area contributed by atoms with Gasteiger partial charge in [0.1, 0.15) is 5.84 Å². The summed E-state index contributed by atoms with van der Waals surface area (Å²) in [4.78, 5) is 15.7. The van der Waals surface area contributed by atoms with Crippen LogP contribution in [0.15, 0.2) is 60.0 Å². The zero-order chi connectivity index (χ0) is 17.8. The number of amidine groups is 1. The first-order valence-electron chi connectivity index (χ1n) is 8.94. The molecule has 0 aliphatic carbocycles. The summed E-state index contributed by atoms with van der Waals surface area (Å²) in [6.45, 7) is 3.09. The van der Waals surface area contributed by atoms with Crippen molar-refractivity contribution in [3.63, 3.8) is 0 Å². The van der Waals surface area contributed by atoms with Gasteiger partial charge in [-0.05, 0) is 36.3 Å². The number of aliphatic imine (C=N–C) groups is 1. The van der Waals surface area contributed by atoms with E-state index in [4.69, 9.17) is 9.73 Å². The summed E-state index contributed by atoms with van der Waals surface area (Å²) < 4.78 is 5.09. The molecule has 0 aromatic carbocycles. The summed E-state index contributed by atoms with van der Waals surface area (Å²) >= 11 is 0. The van der Waals surface area contributed by atoms with Crippen molar-refractivity contribution < 1.29 is 4.74 Å². The molecule has 134 valence electrons. The van der Waals surface area contributed by atoms with Gasteiger partial charge in [-0.15, -0.1) is 0 Å². The van der Waals surface area contributed by atoms with Crippen LogP contribution < -0.4 is 10.1 Å². The van der Waals surface area contributed by atoms with Gasteiger partial charge in [0, 0.05) is 44.0 Å². The number of fused-ring (bicyclic) bond motifs is 1. The molecule has 0 radical (unpaired) electrons. The normalized spacial score (nSPS) is 22.4. The van der Waals surface area contributed by atoms with Gasteiger partial charge in [0.25, 0.3) is 0 Å². The first-order chi connectivity index (χ1) is 12.8. The first kappa shape index (κ1) is 16.7. The summed E-state index contributed by atoms with van der Waals surface area (Å²) in [5.74, 6) is 1.99. The molecule has 2 aliphatic heterocycles. The minimum Gasteiger partial charge on any atom is -0.481 e. The summed E-state index contributed by atoms with van der Waals surface area (Å²) in [5.41, 5.74) is 2.24. The number of nitrogens with zero attached hydrogens (tertiary/aromatic N) is 4. The molecule has 1 saturated heterocycles. The topological polar surface area (TPSA) is 62.6 Å². The summed E-state index contributed by atoms with van der Waals surface area (Å²) in [6, 6.07) is 8.32. The van der Waals surface area contributed by atoms with Crippen molar-refractivity contribution in [1.82, 2.24) is 14.9 Å². The molecule has 2 aromatic rings. The van der Waals surface area contributed by atoms with Gasteiger partial charge in [-0.3, -0.25) is 14.9 Å². The fraction of sp³-hybridized carbons (Fsp3) is 0.350. The average Bonchev–Trinajstić information content (AvgIpc) is 2.69. The number of hydrogen-bond acceptors (Lipinski definition) is 6. The largest absolute Gasteiger partial charge is 0.481 e. The van der Waals surface area contributed by atoms with E-state index in [2.05, 4.69) is 44.5 Å². The molecule has 2 atom stereocenters. The highest BCUT2D eigenvalue weighted by molar-refractivity contribution is 6.04. The van der Waals surface area contributed by atoms with Crippen molar-refractivity contribution in [1.29, 1.82) is 0 Å². The molecule has 0 saturated carbocycles. The number of piperidine rings is 1. The van der Waals surface area contributed by atoms with Gasteiger partial charge in [-0.1, -0.05) is 6.08 Å². The van der Waals surface area contributed by atoms with Crippen molar-refractivity contribution >= 4 is 11.5 Å². The van der Waals surface area contributed by atoms with Crippen LogP contribution in [0, 0.1) is 5.92 Å². The Morgan fingerprint density at radius 2 is 2.12 bits per heavy atom. The molecule has 26 heavy (non-hydrogen) atoms. The minimum atomic E-state index is 0.349. The number of pyridine rings is 2. The number of hydrogen-bond donors (Lipinski definition) is 1. The second-order valence-corrected chi connectivity index (χ2v) is 6.70. The van der Waals surface area contributed by atoms with Gasteiger partial charge >= 0.3 is 0 Å². The van der Waals surface area contributed by atoms with Gasteiger partial charge < -0.3 is 10.1 Å². The Hall–Kier alpha value is -2.73. The molecule has 2 aliphatic rings. The van der Waals surface area contributed by atoms with Crippen molar-refractivity contribution in [2.24, 2.45) is 10.9 Å². The molecular formula is C20H23N5O. The Labute approximate surface area is 153 Å². The second kappa shape index (κ2) is 7.66. The van der Waals surface area contributed by atoms with E-state index < -0.39 is 0 Å². The maximum Gasteiger partial charge on any atom is 0.213 e. The van der Waals surface area contributed by atoms with Crippen LogP contribution in [-0.4, -0.2) is 46.9 Å². The van der Waals surface area contributed by atoms with Gasteiger partial charge in [0.2, 0.25) is 5.88 Å². The standard InChI is InChI=1S/C20H23N5O/c1-26-20-5-3-17(12-22-20)23-19-4-2-16-14-25(11-8-18(16)24-19)13-15-6-9-21-10-7-15/h2-7,9-10,12,16,18H,8,11,13-14H2,1H3,(H,23,24). The van der Waals surface area contributed by atoms with Crippen LogP contribution in [0.3, 0.4) is 0 Å². The predicted octanol–water partition coefficient (Wildman–Crippen LogP) is 2.76. The maximum absolute atomic E-state index is 5.09. The van der Waals surface area contributed by atoms with Gasteiger partial charge in [0.05, 0.1) is 25.0 Å². The Bertz CT molecular complexity index is 788. The Balaban J connectivity index is 1.36. The number of rotatable bonds is 4. The number of likely N-dealkylation sites (tertiary alicyclic amines) is 1. The third-order valence-electron chi connectivity index (χ3n) is 4.88. The molecule has 2 unspecified atom stereocenters. The zero-order valence-electron chi connectivity index (χ0n) is 14.9. The molecule has 0 spiro atoms. The summed E-state index contributed by atoms with van der Waals surface area (Å²) in [6.07, 6.45) is 10.9. The van der Waals surface area contributed by atoms with E-state index in [9.17, 15) is 0 Å². The highest BCUT2D eigenvalue weighted by Crippen LogP contribution is 2.26. The molecule has 0 bridgehead atoms. The van der Waals surface area contributed by atoms with Crippen LogP contribution >= 0.6 is 0 Å². The van der Waals surface area contributed by atoms with E-state index in [1.807, 2.05) is 24.5 Å². The van der Waals surface area contributed by atoms with Gasteiger partial charge in [-0.2, -0.15) is 0 Å². The Morgan fingerprint density at radius 1 is 1.23 bits per heavy atom. The van der Waals surface area contributed by atoms with E-state index in [0.29, 0.717) is 17.8 Å². The number of methoxy groups -OCH3 is 1. The highest BCUT2D eigenvalue weighted by Gasteiger charge is 2.29. The predicted molar refractivity (Wildman–Crippen MR) is 102 cm³/mol. The Morgan fingerprint density at radius 3 is 2.88 bits per heavy atom. The monoisotopic (exact) mass is 349 g/mol. The van der Waals surface area contributed by atoms with E-state index in [1.54, 1.807) is 13.3 Å². The van der Waals surface area contributed by atoms with Crippen molar-refractivity contribution in [3.05, 3.63) is 60.6 Å².